The van der Waals surface area contributed by atoms with Crippen molar-refractivity contribution >= 4 is 27.5 Å². The number of halogens is 1. The third-order valence-electron chi connectivity index (χ3n) is 5.78. The fourth-order valence-electron chi connectivity index (χ4n) is 3.55. The molecular weight excluding hydrogens is 457 g/mol. The predicted molar refractivity (Wildman–Crippen MR) is 132 cm³/mol. The number of amides is 2. The van der Waals surface area contributed by atoms with Gasteiger partial charge in [0.1, 0.15) is 18.4 Å². The average molecular weight is 492 g/mol. The Kier molecular flexibility index (Phi) is 9.61. The van der Waals surface area contributed by atoms with Crippen molar-refractivity contribution in [1.29, 1.82) is 0 Å². The Balaban J connectivity index is 2.44. The maximum absolute atomic E-state index is 13.6. The van der Waals surface area contributed by atoms with Crippen LogP contribution < -0.4 is 9.62 Å². The molecule has 2 atom stereocenters. The van der Waals surface area contributed by atoms with E-state index in [0.29, 0.717) is 6.42 Å². The minimum absolute atomic E-state index is 0.0660. The summed E-state index contributed by atoms with van der Waals surface area (Å²) in [5.74, 6) is -1.33. The maximum Gasteiger partial charge on any atom is 0.244 e. The van der Waals surface area contributed by atoms with Gasteiger partial charge in [0, 0.05) is 12.6 Å². The molecule has 2 rings (SSSR count). The molecule has 2 aromatic rings. The number of hydrogen-bond acceptors (Lipinski definition) is 4. The van der Waals surface area contributed by atoms with Gasteiger partial charge in [-0.2, -0.15) is 0 Å². The lowest BCUT2D eigenvalue weighted by Crippen LogP contribution is -2.53. The summed E-state index contributed by atoms with van der Waals surface area (Å²) in [6.07, 6.45) is 2.08. The summed E-state index contributed by atoms with van der Waals surface area (Å²) in [5.41, 5.74) is 1.99. The number of sulfonamides is 1. The molecule has 2 unspecified atom stereocenters. The molecule has 0 bridgehead atoms. The number of aryl methyl sites for hydroxylation is 1. The second-order valence-corrected chi connectivity index (χ2v) is 10.3. The quantitative estimate of drug-likeness (QED) is 0.520. The Morgan fingerprint density at radius 2 is 1.65 bits per heavy atom. The molecule has 0 heterocycles. The van der Waals surface area contributed by atoms with Crippen LogP contribution in [0.1, 0.15) is 44.7 Å². The molecule has 0 aliphatic carbocycles. The lowest BCUT2D eigenvalue weighted by atomic mass is 10.1. The molecule has 2 amide bonds. The summed E-state index contributed by atoms with van der Waals surface area (Å²) in [7, 11) is -3.85. The number of hydrogen-bond donors (Lipinski definition) is 1. The van der Waals surface area contributed by atoms with Crippen molar-refractivity contribution in [3.05, 3.63) is 65.5 Å². The van der Waals surface area contributed by atoms with Gasteiger partial charge in [-0.05, 0) is 62.1 Å². The Labute approximate surface area is 202 Å². The molecule has 0 saturated carbocycles. The van der Waals surface area contributed by atoms with Gasteiger partial charge in [0.15, 0.2) is 0 Å². The summed E-state index contributed by atoms with van der Waals surface area (Å²) < 4.78 is 39.4. The van der Waals surface area contributed by atoms with Crippen LogP contribution in [-0.4, -0.2) is 50.0 Å². The second kappa shape index (κ2) is 12.0. The van der Waals surface area contributed by atoms with Gasteiger partial charge in [-0.25, -0.2) is 12.8 Å². The van der Waals surface area contributed by atoms with Crippen molar-refractivity contribution in [3.8, 4) is 0 Å². The zero-order valence-corrected chi connectivity index (χ0v) is 21.2. The van der Waals surface area contributed by atoms with Gasteiger partial charge in [0.05, 0.1) is 11.9 Å². The largest absolute Gasteiger partial charge is 0.352 e. The van der Waals surface area contributed by atoms with Gasteiger partial charge in [0.2, 0.25) is 21.8 Å². The monoisotopic (exact) mass is 491 g/mol. The molecule has 0 saturated heterocycles. The van der Waals surface area contributed by atoms with Crippen LogP contribution in [0.4, 0.5) is 10.1 Å². The topological polar surface area (TPSA) is 86.8 Å². The van der Waals surface area contributed by atoms with E-state index in [1.807, 2.05) is 52.0 Å². The van der Waals surface area contributed by atoms with E-state index in [1.54, 1.807) is 0 Å². The zero-order chi connectivity index (χ0) is 25.5. The minimum Gasteiger partial charge on any atom is -0.352 e. The summed E-state index contributed by atoms with van der Waals surface area (Å²) in [6.45, 7) is 7.21. The minimum atomic E-state index is -3.85. The van der Waals surface area contributed by atoms with E-state index in [1.165, 1.54) is 17.0 Å². The lowest BCUT2D eigenvalue weighted by molar-refractivity contribution is -0.140. The number of carbonyl (C=O) groups is 2. The number of anilines is 1. The Morgan fingerprint density at radius 3 is 2.18 bits per heavy atom. The molecule has 1 N–H and O–H groups in total. The van der Waals surface area contributed by atoms with E-state index < -0.39 is 34.3 Å². The number of nitrogens with zero attached hydrogens (tertiary/aromatic N) is 2. The second-order valence-electron chi connectivity index (χ2n) is 8.44. The Bertz CT molecular complexity index is 1090. The molecular formula is C25H34FN3O4S. The van der Waals surface area contributed by atoms with E-state index >= 15 is 0 Å². The van der Waals surface area contributed by atoms with E-state index in [0.717, 1.165) is 40.2 Å². The van der Waals surface area contributed by atoms with Crippen molar-refractivity contribution in [1.82, 2.24) is 10.2 Å². The van der Waals surface area contributed by atoms with Crippen LogP contribution in [0.2, 0.25) is 0 Å². The van der Waals surface area contributed by atoms with E-state index in [2.05, 4.69) is 5.32 Å². The van der Waals surface area contributed by atoms with Gasteiger partial charge >= 0.3 is 0 Å². The predicted octanol–water partition coefficient (Wildman–Crippen LogP) is 3.62. The van der Waals surface area contributed by atoms with Crippen molar-refractivity contribution in [2.45, 2.75) is 59.2 Å². The van der Waals surface area contributed by atoms with Crippen LogP contribution in [0, 0.1) is 12.7 Å². The SMILES string of the molecule is CCC(C)NC(=O)C(CC)N(Cc1ccccc1C)C(=O)CN(c1ccc(F)cc1)S(C)(=O)=O. The first-order chi connectivity index (χ1) is 16.0. The number of carbonyl (C=O) groups excluding carboxylic acids is 2. The summed E-state index contributed by atoms with van der Waals surface area (Å²) >= 11 is 0. The van der Waals surface area contributed by atoms with E-state index in [-0.39, 0.29) is 24.2 Å². The van der Waals surface area contributed by atoms with E-state index in [9.17, 15) is 22.4 Å². The molecule has 0 aromatic heterocycles. The van der Waals surface area contributed by atoms with Crippen LogP contribution in [0.25, 0.3) is 0 Å². The van der Waals surface area contributed by atoms with Crippen molar-refractivity contribution in [2.24, 2.45) is 0 Å². The summed E-state index contributed by atoms with van der Waals surface area (Å²) in [5, 5.41) is 2.93. The van der Waals surface area contributed by atoms with Gasteiger partial charge in [0.25, 0.3) is 0 Å². The molecule has 9 heteroatoms. The highest BCUT2D eigenvalue weighted by Gasteiger charge is 2.32. The lowest BCUT2D eigenvalue weighted by Gasteiger charge is -2.33. The molecule has 0 aliphatic heterocycles. The Morgan fingerprint density at radius 1 is 1.03 bits per heavy atom. The summed E-state index contributed by atoms with van der Waals surface area (Å²) in [6, 6.07) is 11.6. The number of nitrogens with one attached hydrogen (secondary N) is 1. The normalized spacial score (nSPS) is 13.1. The van der Waals surface area contributed by atoms with Gasteiger partial charge in [-0.1, -0.05) is 38.1 Å². The highest BCUT2D eigenvalue weighted by Crippen LogP contribution is 2.21. The molecule has 0 aliphatic rings. The molecule has 186 valence electrons. The van der Waals surface area contributed by atoms with Crippen molar-refractivity contribution < 1.29 is 22.4 Å². The highest BCUT2D eigenvalue weighted by molar-refractivity contribution is 7.92. The Hall–Kier alpha value is -2.94. The zero-order valence-electron chi connectivity index (χ0n) is 20.4. The first-order valence-electron chi connectivity index (χ1n) is 11.4. The van der Waals surface area contributed by atoms with Crippen LogP contribution in [0.3, 0.4) is 0 Å². The van der Waals surface area contributed by atoms with Crippen molar-refractivity contribution in [3.63, 3.8) is 0 Å². The maximum atomic E-state index is 13.6. The van der Waals surface area contributed by atoms with Gasteiger partial charge in [-0.3, -0.25) is 13.9 Å². The molecule has 0 radical (unpaired) electrons. The molecule has 2 aromatic carbocycles. The first-order valence-corrected chi connectivity index (χ1v) is 13.2. The highest BCUT2D eigenvalue weighted by atomic mass is 32.2. The fraction of sp³-hybridized carbons (Fsp3) is 0.440. The molecule has 34 heavy (non-hydrogen) atoms. The number of rotatable bonds is 11. The van der Waals surface area contributed by atoms with Gasteiger partial charge in [-0.15, -0.1) is 0 Å². The van der Waals surface area contributed by atoms with E-state index in [4.69, 9.17) is 0 Å². The van der Waals surface area contributed by atoms with Crippen molar-refractivity contribution in [2.75, 3.05) is 17.1 Å². The fourth-order valence-corrected chi connectivity index (χ4v) is 4.40. The molecule has 7 nitrogen and oxygen atoms in total. The van der Waals surface area contributed by atoms with Crippen LogP contribution in [0.5, 0.6) is 0 Å². The third-order valence-corrected chi connectivity index (χ3v) is 6.92. The van der Waals surface area contributed by atoms with Crippen LogP contribution >= 0.6 is 0 Å². The standard InChI is InChI=1S/C25H34FN3O4S/c1-6-19(4)27-25(31)23(7-2)28(16-20-11-9-8-10-18(20)3)24(30)17-29(34(5,32)33)22-14-12-21(26)13-15-22/h8-15,19,23H,6-7,16-17H2,1-5H3,(H,27,31). The van der Waals surface area contributed by atoms with Crippen LogP contribution in [-0.2, 0) is 26.2 Å². The summed E-state index contributed by atoms with van der Waals surface area (Å²) in [4.78, 5) is 28.1. The average Bonchev–Trinajstić information content (AvgIpc) is 2.78. The molecule has 0 spiro atoms. The first kappa shape index (κ1) is 27.3. The third kappa shape index (κ3) is 7.28. The smallest absolute Gasteiger partial charge is 0.244 e. The van der Waals surface area contributed by atoms with Crippen LogP contribution in [0.15, 0.2) is 48.5 Å². The molecule has 0 fully saturated rings. The van der Waals surface area contributed by atoms with Gasteiger partial charge < -0.3 is 10.2 Å². The number of benzene rings is 2.